The van der Waals surface area contributed by atoms with Crippen molar-refractivity contribution in [2.45, 2.75) is 39.3 Å². The van der Waals surface area contributed by atoms with E-state index in [0.717, 1.165) is 5.69 Å². The van der Waals surface area contributed by atoms with Gasteiger partial charge >= 0.3 is 0 Å². The third-order valence-electron chi connectivity index (χ3n) is 4.96. The Morgan fingerprint density at radius 1 is 1.19 bits per heavy atom. The number of rotatable bonds is 9. The maximum Gasteiger partial charge on any atom is 0.270 e. The van der Waals surface area contributed by atoms with E-state index in [2.05, 4.69) is 27.1 Å². The van der Waals surface area contributed by atoms with Crippen LogP contribution in [0.2, 0.25) is 0 Å². The van der Waals surface area contributed by atoms with Crippen molar-refractivity contribution in [2.24, 2.45) is 0 Å². The molecule has 2 amide bonds. The number of benzene rings is 1. The lowest BCUT2D eigenvalue weighted by atomic mass is 10.1. The highest BCUT2D eigenvalue weighted by molar-refractivity contribution is 5.92. The van der Waals surface area contributed by atoms with Gasteiger partial charge in [-0.05, 0) is 64.1 Å². The Labute approximate surface area is 216 Å². The monoisotopic (exact) mass is 502 g/mol. The summed E-state index contributed by atoms with van der Waals surface area (Å²) in [5.41, 5.74) is 1.05. The van der Waals surface area contributed by atoms with E-state index < -0.39 is 5.60 Å². The van der Waals surface area contributed by atoms with Crippen molar-refractivity contribution in [2.75, 3.05) is 18.6 Å². The Morgan fingerprint density at radius 3 is 2.65 bits per heavy atom. The van der Waals surface area contributed by atoms with Gasteiger partial charge in [0.1, 0.15) is 35.2 Å². The normalized spacial score (nSPS) is 11.5. The van der Waals surface area contributed by atoms with Crippen LogP contribution in [0.15, 0.2) is 54.9 Å². The second-order valence-electron chi connectivity index (χ2n) is 9.01. The van der Waals surface area contributed by atoms with Crippen molar-refractivity contribution in [3.05, 3.63) is 71.8 Å². The minimum absolute atomic E-state index is 0.144. The van der Waals surface area contributed by atoms with Gasteiger partial charge in [0.05, 0.1) is 17.9 Å². The maximum atomic E-state index is 12.7. The van der Waals surface area contributed by atoms with Crippen molar-refractivity contribution in [3.63, 3.8) is 0 Å². The van der Waals surface area contributed by atoms with Gasteiger partial charge in [0.15, 0.2) is 0 Å². The van der Waals surface area contributed by atoms with Crippen molar-refractivity contribution in [1.29, 1.82) is 0 Å². The molecule has 0 aliphatic heterocycles. The second kappa shape index (κ2) is 12.0. The maximum absolute atomic E-state index is 12.7. The molecule has 2 heterocycles. The average molecular weight is 503 g/mol. The van der Waals surface area contributed by atoms with Gasteiger partial charge in [0.2, 0.25) is 6.41 Å². The number of aliphatic hydroxyl groups is 1. The number of nitrogens with zero attached hydrogens (tertiary/aromatic N) is 3. The van der Waals surface area contributed by atoms with E-state index in [1.165, 1.54) is 11.1 Å². The van der Waals surface area contributed by atoms with Gasteiger partial charge < -0.3 is 24.8 Å². The molecule has 0 radical (unpaired) electrons. The number of hydrogen-bond donors (Lipinski definition) is 2. The minimum Gasteiger partial charge on any atom is -0.489 e. The van der Waals surface area contributed by atoms with Crippen LogP contribution in [0.3, 0.4) is 0 Å². The molecule has 0 saturated carbocycles. The van der Waals surface area contributed by atoms with E-state index >= 15 is 0 Å². The molecule has 0 spiro atoms. The lowest BCUT2D eigenvalue weighted by Crippen LogP contribution is -2.37. The molecule has 0 fully saturated rings. The Hall–Kier alpha value is -4.42. The summed E-state index contributed by atoms with van der Waals surface area (Å²) >= 11 is 0. The summed E-state index contributed by atoms with van der Waals surface area (Å²) in [5, 5.41) is 12.7. The third-order valence-corrected chi connectivity index (χ3v) is 4.96. The Morgan fingerprint density at radius 2 is 1.97 bits per heavy atom. The van der Waals surface area contributed by atoms with Crippen molar-refractivity contribution < 1.29 is 24.2 Å². The molecule has 1 unspecified atom stereocenters. The first-order valence-corrected chi connectivity index (χ1v) is 11.6. The molecular formula is C28H30N4O5. The number of aryl methyl sites for hydroxylation is 1. The van der Waals surface area contributed by atoms with Crippen LogP contribution < -0.4 is 19.7 Å². The van der Waals surface area contributed by atoms with Crippen LogP contribution in [0, 0.1) is 18.8 Å². The molecule has 2 aromatic heterocycles. The first-order valence-electron chi connectivity index (χ1n) is 11.6. The molecule has 2 N–H and O–H groups in total. The van der Waals surface area contributed by atoms with E-state index in [0.29, 0.717) is 34.9 Å². The number of hydrogen-bond acceptors (Lipinski definition) is 7. The highest BCUT2D eigenvalue weighted by Crippen LogP contribution is 2.28. The van der Waals surface area contributed by atoms with Gasteiger partial charge in [0.25, 0.3) is 5.91 Å². The van der Waals surface area contributed by atoms with Crippen LogP contribution in [0.25, 0.3) is 0 Å². The quantitative estimate of drug-likeness (QED) is 0.340. The van der Waals surface area contributed by atoms with E-state index in [9.17, 15) is 14.7 Å². The molecule has 0 bridgehead atoms. The first kappa shape index (κ1) is 27.2. The summed E-state index contributed by atoms with van der Waals surface area (Å²) in [6.45, 7) is 7.00. The van der Waals surface area contributed by atoms with E-state index in [4.69, 9.17) is 9.47 Å². The van der Waals surface area contributed by atoms with Gasteiger partial charge in [-0.2, -0.15) is 0 Å². The fourth-order valence-electron chi connectivity index (χ4n) is 3.08. The zero-order chi connectivity index (χ0) is 27.0. The number of anilines is 1. The molecule has 0 aliphatic carbocycles. The minimum atomic E-state index is -1.14. The summed E-state index contributed by atoms with van der Waals surface area (Å²) in [6.07, 6.45) is 3.77. The van der Waals surface area contributed by atoms with Crippen LogP contribution in [-0.2, 0) is 4.79 Å². The molecule has 0 saturated heterocycles. The van der Waals surface area contributed by atoms with Crippen molar-refractivity contribution in [1.82, 2.24) is 15.3 Å². The smallest absolute Gasteiger partial charge is 0.270 e. The van der Waals surface area contributed by atoms with Crippen molar-refractivity contribution in [3.8, 4) is 29.1 Å². The van der Waals surface area contributed by atoms with Gasteiger partial charge in [0, 0.05) is 30.6 Å². The summed E-state index contributed by atoms with van der Waals surface area (Å²) in [7, 11) is 1.60. The summed E-state index contributed by atoms with van der Waals surface area (Å²) in [4.78, 5) is 33.8. The van der Waals surface area contributed by atoms with Crippen LogP contribution in [0.4, 0.5) is 5.69 Å². The van der Waals surface area contributed by atoms with Crippen molar-refractivity contribution >= 4 is 18.0 Å². The fourth-order valence-corrected chi connectivity index (χ4v) is 3.08. The van der Waals surface area contributed by atoms with Crippen LogP contribution >= 0.6 is 0 Å². The van der Waals surface area contributed by atoms with Gasteiger partial charge in [-0.25, -0.2) is 0 Å². The second-order valence-corrected chi connectivity index (χ2v) is 9.01. The summed E-state index contributed by atoms with van der Waals surface area (Å²) < 4.78 is 11.7. The van der Waals surface area contributed by atoms with E-state index in [-0.39, 0.29) is 24.2 Å². The summed E-state index contributed by atoms with van der Waals surface area (Å²) in [5.74, 6) is 6.71. The number of pyridine rings is 2. The number of carbonyl (C=O) groups is 2. The topological polar surface area (TPSA) is 114 Å². The van der Waals surface area contributed by atoms with Crippen LogP contribution in [0.5, 0.6) is 17.2 Å². The van der Waals surface area contributed by atoms with E-state index in [1.54, 1.807) is 70.4 Å². The number of amides is 2. The fraction of sp³-hybridized carbons (Fsp3) is 0.286. The molecule has 3 rings (SSSR count). The molecule has 192 valence electrons. The highest BCUT2D eigenvalue weighted by Gasteiger charge is 2.15. The molecule has 37 heavy (non-hydrogen) atoms. The number of carbonyl (C=O) groups excluding carboxylic acids is 2. The standard InChI is InChI=1S/C28H30N4O5/c1-19-6-8-23(16-30-19)37-22-11-13-29-24(15-22)27(34)31-20(2)17-36-26-9-7-21(10-12-28(3,4)35)14-25(26)32(5)18-33/h6-9,11,13-16,18,20,35H,17H2,1-5H3,(H,31,34). The average Bonchev–Trinajstić information content (AvgIpc) is 2.87. The zero-order valence-corrected chi connectivity index (χ0v) is 21.5. The Bertz CT molecular complexity index is 1310. The Balaban J connectivity index is 1.64. The molecule has 1 atom stereocenters. The van der Waals surface area contributed by atoms with Crippen LogP contribution in [-0.4, -0.2) is 52.7 Å². The lowest BCUT2D eigenvalue weighted by molar-refractivity contribution is -0.107. The van der Waals surface area contributed by atoms with Gasteiger partial charge in [-0.1, -0.05) is 11.8 Å². The molecule has 3 aromatic rings. The predicted molar refractivity (Wildman–Crippen MR) is 140 cm³/mol. The van der Waals surface area contributed by atoms with E-state index in [1.807, 2.05) is 13.0 Å². The molecule has 0 aliphatic rings. The van der Waals surface area contributed by atoms with Gasteiger partial charge in [-0.15, -0.1) is 0 Å². The highest BCUT2D eigenvalue weighted by atomic mass is 16.5. The molecule has 9 nitrogen and oxygen atoms in total. The molecule has 1 aromatic carbocycles. The largest absolute Gasteiger partial charge is 0.489 e. The molecule has 9 heteroatoms. The predicted octanol–water partition coefficient (Wildman–Crippen LogP) is 3.49. The van der Waals surface area contributed by atoms with Crippen LogP contribution in [0.1, 0.15) is 42.5 Å². The first-order chi connectivity index (χ1) is 17.5. The number of aromatic nitrogens is 2. The Kier molecular flexibility index (Phi) is 8.82. The zero-order valence-electron chi connectivity index (χ0n) is 21.5. The molecular weight excluding hydrogens is 472 g/mol. The lowest BCUT2D eigenvalue weighted by Gasteiger charge is -2.20. The third kappa shape index (κ3) is 8.33. The number of ether oxygens (including phenoxy) is 2. The van der Waals surface area contributed by atoms with Gasteiger partial charge in [-0.3, -0.25) is 19.6 Å². The summed E-state index contributed by atoms with van der Waals surface area (Å²) in [6, 6.07) is 11.6. The SMILES string of the molecule is Cc1ccc(Oc2ccnc(C(=O)NC(C)COc3ccc(C#CC(C)(C)O)cc3N(C)C=O)c2)cn1. The number of nitrogens with one attached hydrogen (secondary N) is 1.